The number of fused-ring (bicyclic) bond motifs is 5. The molecule has 0 aromatic rings. The van der Waals surface area contributed by atoms with Crippen molar-refractivity contribution in [2.45, 2.75) is 241 Å². The Hall–Kier alpha value is -1.42. The van der Waals surface area contributed by atoms with E-state index in [0.717, 1.165) is 78.6 Å². The first-order valence-corrected chi connectivity index (χ1v) is 27.1. The lowest BCUT2D eigenvalue weighted by molar-refractivity contribution is -0.873. The highest BCUT2D eigenvalue weighted by molar-refractivity contribution is 5.77. The first-order chi connectivity index (χ1) is 30.4. The highest BCUT2D eigenvalue weighted by Crippen LogP contribution is 2.67. The molecule has 1 unspecified atom stereocenters. The molecule has 0 radical (unpaired) electrons. The molecule has 0 aliphatic heterocycles. The summed E-state index contributed by atoms with van der Waals surface area (Å²) in [4.78, 5) is 35.8. The van der Waals surface area contributed by atoms with E-state index >= 15 is 0 Å². The van der Waals surface area contributed by atoms with Crippen molar-refractivity contribution in [3.8, 4) is 0 Å². The Labute approximate surface area is 418 Å². The lowest BCUT2D eigenvalue weighted by atomic mass is 9.47. The van der Waals surface area contributed by atoms with Crippen molar-refractivity contribution in [2.75, 3.05) is 34.3 Å². The van der Waals surface area contributed by atoms with Gasteiger partial charge in [-0.3, -0.25) is 14.4 Å². The Morgan fingerprint density at radius 1 is 0.723 bits per heavy atom. The number of hydrogen-bond donors (Lipinski definition) is 0. The highest BCUT2D eigenvalue weighted by atomic mass is 127. The van der Waals surface area contributed by atoms with Crippen LogP contribution < -0.4 is 24.0 Å². The van der Waals surface area contributed by atoms with Gasteiger partial charge in [0.1, 0.15) is 18.8 Å². The molecule has 0 N–H and O–H groups in total. The van der Waals surface area contributed by atoms with E-state index in [0.29, 0.717) is 18.4 Å². The van der Waals surface area contributed by atoms with E-state index < -0.39 is 0 Å². The van der Waals surface area contributed by atoms with Crippen LogP contribution in [0.4, 0.5) is 0 Å². The van der Waals surface area contributed by atoms with Crippen LogP contribution in [0.1, 0.15) is 229 Å². The van der Waals surface area contributed by atoms with Gasteiger partial charge < -0.3 is 42.7 Å². The third-order valence-corrected chi connectivity index (χ3v) is 16.2. The van der Waals surface area contributed by atoms with Crippen LogP contribution in [0.25, 0.3) is 0 Å². The first kappa shape index (κ1) is 59.7. The van der Waals surface area contributed by atoms with Crippen LogP contribution in [-0.4, -0.2) is 68.9 Å². The summed E-state index contributed by atoms with van der Waals surface area (Å²) in [5.74, 6) is 4.43. The zero-order valence-electron chi connectivity index (χ0n) is 44.1. The summed E-state index contributed by atoms with van der Waals surface area (Å²) in [6.07, 6.45) is 38.6. The summed E-state index contributed by atoms with van der Waals surface area (Å²) in [6, 6.07) is 0. The van der Waals surface area contributed by atoms with Crippen molar-refractivity contribution in [3.05, 3.63) is 23.8 Å². The second kappa shape index (κ2) is 30.9. The number of carbonyl (C=O) groups excluding carboxylic acids is 3. The van der Waals surface area contributed by atoms with Gasteiger partial charge in [-0.05, 0) is 137 Å². The maximum absolute atomic E-state index is 12.4. The minimum Gasteiger partial charge on any atom is -1.00 e. The Morgan fingerprint density at radius 3 is 1.98 bits per heavy atom. The SMILES string of the molecule is CCCCCCCC/C=C\CCCCCCCC(=O)OC(C)C[N+](C)(C)C.CCOC(=O)CCC(=O)O[C@H]1CC[C@@]2(C)C(=CC[C@H]3[C@@H]4CC[C@H]([C@H](C)CCCC(C)C)[C@@]4(C)CC[C@@H]32)C1.[I-]. The molecule has 8 heteroatoms. The molecular weight excluding hydrogens is 922 g/mol. The maximum Gasteiger partial charge on any atom is 0.306 e. The maximum atomic E-state index is 12.4. The Balaban J connectivity index is 0.000000465. The van der Waals surface area contributed by atoms with Crippen molar-refractivity contribution in [1.82, 2.24) is 0 Å². The molecule has 378 valence electrons. The lowest BCUT2D eigenvalue weighted by Crippen LogP contribution is -3.00. The molecule has 0 amide bonds. The average Bonchev–Trinajstić information content (AvgIpc) is 3.58. The molecule has 0 saturated heterocycles. The van der Waals surface area contributed by atoms with Crippen molar-refractivity contribution in [2.24, 2.45) is 46.3 Å². The van der Waals surface area contributed by atoms with Crippen LogP contribution in [0, 0.1) is 46.3 Å². The minimum atomic E-state index is -0.319. The van der Waals surface area contributed by atoms with Crippen LogP contribution in [0.3, 0.4) is 0 Å². The molecular formula is C57H102INO6. The predicted molar refractivity (Wildman–Crippen MR) is 267 cm³/mol. The number of carbonyl (C=O) groups is 3. The lowest BCUT2D eigenvalue weighted by Gasteiger charge is -2.58. The summed E-state index contributed by atoms with van der Waals surface area (Å²) in [5, 5.41) is 0. The van der Waals surface area contributed by atoms with E-state index in [1.165, 1.54) is 122 Å². The monoisotopic (exact) mass is 1020 g/mol. The Bertz CT molecular complexity index is 1420. The van der Waals surface area contributed by atoms with Gasteiger partial charge in [0.15, 0.2) is 0 Å². The molecule has 9 atom stereocenters. The Morgan fingerprint density at radius 2 is 1.35 bits per heavy atom. The quantitative estimate of drug-likeness (QED) is 0.0194. The van der Waals surface area contributed by atoms with Gasteiger partial charge in [0, 0.05) is 12.8 Å². The fourth-order valence-corrected chi connectivity index (χ4v) is 12.9. The number of halogens is 1. The number of unbranched alkanes of at least 4 members (excludes halogenated alkanes) is 11. The number of rotatable bonds is 28. The van der Waals surface area contributed by atoms with Gasteiger partial charge in [-0.1, -0.05) is 136 Å². The van der Waals surface area contributed by atoms with Gasteiger partial charge in [0.2, 0.25) is 0 Å². The number of likely N-dealkylation sites (N-methyl/N-ethyl adjacent to an activating group) is 1. The van der Waals surface area contributed by atoms with E-state index in [4.69, 9.17) is 14.2 Å². The van der Waals surface area contributed by atoms with Gasteiger partial charge in [0.05, 0.1) is 40.6 Å². The fraction of sp³-hybridized carbons (Fsp3) is 0.877. The van der Waals surface area contributed by atoms with Gasteiger partial charge in [-0.15, -0.1) is 0 Å². The standard InChI is InChI=1S/C33H54O4.C24H48NO2.HI/c1-7-36-30(34)15-16-31(35)37-25-17-19-32(5)24(21-25)11-12-26-28-14-13-27(23(4)10-8-9-22(2)3)33(28,6)20-18-29(26)32;1-6-7-8-9-10-11-12-13-14-15-16-17-18-19-20-21-24(26)27-23(2)22-25(3,4)5;/h11,22-23,25-29H,7-10,12-21H2,1-6H3;13-14,23H,6-12,15-22H2,1-5H3;1H/q;+1;/p-1/b;14-13-;/t23-,25+,26+,27-,28+,29+,32+,33-;;/m1../s1. The molecule has 0 aromatic carbocycles. The molecule has 7 nitrogen and oxygen atoms in total. The molecule has 0 heterocycles. The number of quaternary nitrogens is 1. The van der Waals surface area contributed by atoms with Gasteiger partial charge in [-0.2, -0.15) is 0 Å². The third kappa shape index (κ3) is 21.0. The molecule has 65 heavy (non-hydrogen) atoms. The second-order valence-corrected chi connectivity index (χ2v) is 23.1. The van der Waals surface area contributed by atoms with E-state index in [2.05, 4.69) is 80.9 Å². The molecule has 0 aromatic heterocycles. The molecule has 3 fully saturated rings. The molecule has 4 rings (SSSR count). The normalized spacial score (nSPS) is 27.0. The van der Waals surface area contributed by atoms with Crippen molar-refractivity contribution in [3.63, 3.8) is 0 Å². The largest absolute Gasteiger partial charge is 1.00 e. The summed E-state index contributed by atoms with van der Waals surface area (Å²) in [5.41, 5.74) is 2.33. The van der Waals surface area contributed by atoms with E-state index in [1.807, 2.05) is 6.92 Å². The van der Waals surface area contributed by atoms with Crippen molar-refractivity contribution >= 4 is 17.9 Å². The molecule has 0 spiro atoms. The molecule has 4 aliphatic rings. The fourth-order valence-electron chi connectivity index (χ4n) is 12.9. The number of hydrogen-bond acceptors (Lipinski definition) is 6. The van der Waals surface area contributed by atoms with Crippen LogP contribution in [0.15, 0.2) is 23.8 Å². The summed E-state index contributed by atoms with van der Waals surface area (Å²) in [7, 11) is 6.36. The average molecular weight is 1020 g/mol. The first-order valence-electron chi connectivity index (χ1n) is 27.1. The van der Waals surface area contributed by atoms with Gasteiger partial charge in [0.25, 0.3) is 0 Å². The van der Waals surface area contributed by atoms with Crippen molar-refractivity contribution in [1.29, 1.82) is 0 Å². The third-order valence-electron chi connectivity index (χ3n) is 16.2. The topological polar surface area (TPSA) is 78.9 Å². The number of nitrogens with zero attached hydrogens (tertiary/aromatic N) is 1. The van der Waals surface area contributed by atoms with E-state index in [1.54, 1.807) is 12.5 Å². The zero-order valence-corrected chi connectivity index (χ0v) is 46.3. The van der Waals surface area contributed by atoms with Crippen LogP contribution in [0.2, 0.25) is 0 Å². The van der Waals surface area contributed by atoms with Crippen LogP contribution in [0.5, 0.6) is 0 Å². The number of allylic oxidation sites excluding steroid dienone is 3. The Kier molecular flexibility index (Phi) is 28.4. The summed E-state index contributed by atoms with van der Waals surface area (Å²) >= 11 is 0. The number of esters is 3. The molecule has 3 saturated carbocycles. The minimum absolute atomic E-state index is 0. The number of ether oxygens (including phenoxy) is 3. The van der Waals surface area contributed by atoms with Crippen LogP contribution >= 0.6 is 0 Å². The molecule has 4 aliphatic carbocycles. The summed E-state index contributed by atoms with van der Waals surface area (Å²) in [6.45, 7) is 19.7. The summed E-state index contributed by atoms with van der Waals surface area (Å²) < 4.78 is 17.1. The van der Waals surface area contributed by atoms with Gasteiger partial charge in [-0.25, -0.2) is 0 Å². The predicted octanol–water partition coefficient (Wildman–Crippen LogP) is 11.9. The zero-order chi connectivity index (χ0) is 47.2. The van der Waals surface area contributed by atoms with E-state index in [-0.39, 0.29) is 72.3 Å². The van der Waals surface area contributed by atoms with E-state index in [9.17, 15) is 14.4 Å². The smallest absolute Gasteiger partial charge is 0.306 e. The highest BCUT2D eigenvalue weighted by Gasteiger charge is 2.59. The molecule has 0 bridgehead atoms. The van der Waals surface area contributed by atoms with Crippen LogP contribution in [-0.2, 0) is 28.6 Å². The second-order valence-electron chi connectivity index (χ2n) is 23.1. The van der Waals surface area contributed by atoms with Gasteiger partial charge >= 0.3 is 17.9 Å². The van der Waals surface area contributed by atoms with Crippen molar-refractivity contribution < 1.29 is 57.1 Å².